The molecule has 5 nitrogen and oxygen atoms in total. The number of fused-ring (bicyclic) bond motifs is 1. The molecule has 0 radical (unpaired) electrons. The number of hydrogen-bond acceptors (Lipinski definition) is 4. The second kappa shape index (κ2) is 8.91. The van der Waals surface area contributed by atoms with Crippen molar-refractivity contribution in [2.24, 2.45) is 11.8 Å². The molecule has 1 amide bonds. The van der Waals surface area contributed by atoms with E-state index in [0.717, 1.165) is 0 Å². The van der Waals surface area contributed by atoms with Crippen LogP contribution in [0.5, 0.6) is 0 Å². The van der Waals surface area contributed by atoms with Crippen LogP contribution in [0.1, 0.15) is 34.6 Å². The van der Waals surface area contributed by atoms with E-state index < -0.39 is 0 Å². The smallest absolute Gasteiger partial charge is 0.262 e. The first-order valence-corrected chi connectivity index (χ1v) is 10.2. The maximum Gasteiger partial charge on any atom is 0.262 e. The normalized spacial score (nSPS) is 12.8. The van der Waals surface area contributed by atoms with Crippen LogP contribution in [0.3, 0.4) is 0 Å². The summed E-state index contributed by atoms with van der Waals surface area (Å²) in [6.07, 6.45) is 0. The molecular weight excluding hydrogens is 370 g/mol. The van der Waals surface area contributed by atoms with Crippen LogP contribution in [0.15, 0.2) is 28.2 Å². The molecule has 1 N–H and O–H groups in total. The Morgan fingerprint density at radius 3 is 2.58 bits per heavy atom. The van der Waals surface area contributed by atoms with Crippen LogP contribution in [-0.2, 0) is 11.3 Å². The number of carbonyl (C=O) groups excluding carboxylic acids is 1. The highest BCUT2D eigenvalue weighted by atomic mass is 35.5. The van der Waals surface area contributed by atoms with Crippen molar-refractivity contribution >= 4 is 40.2 Å². The largest absolute Gasteiger partial charge is 0.353 e. The zero-order valence-corrected chi connectivity index (χ0v) is 17.4. The SMILES string of the molecule is CC(C)Cn1c(SCC(=O)N[C@H](C)C(C)C)nc2ccc(Cl)cc2c1=O. The summed E-state index contributed by atoms with van der Waals surface area (Å²) in [7, 11) is 0. The highest BCUT2D eigenvalue weighted by Crippen LogP contribution is 2.21. The van der Waals surface area contributed by atoms with E-state index in [9.17, 15) is 9.59 Å². The molecule has 0 bridgehead atoms. The quantitative estimate of drug-likeness (QED) is 0.569. The number of hydrogen-bond donors (Lipinski definition) is 1. The zero-order valence-electron chi connectivity index (χ0n) is 15.9. The lowest BCUT2D eigenvalue weighted by atomic mass is 10.1. The lowest BCUT2D eigenvalue weighted by molar-refractivity contribution is -0.119. The Kier molecular flexibility index (Phi) is 7.12. The van der Waals surface area contributed by atoms with E-state index in [1.165, 1.54) is 11.8 Å². The third-order valence-electron chi connectivity index (χ3n) is 4.15. The Balaban J connectivity index is 2.31. The number of aromatic nitrogens is 2. The summed E-state index contributed by atoms with van der Waals surface area (Å²) < 4.78 is 1.65. The molecule has 0 fully saturated rings. The maximum absolute atomic E-state index is 12.9. The number of carbonyl (C=O) groups is 1. The van der Waals surface area contributed by atoms with E-state index in [0.29, 0.717) is 33.5 Å². The van der Waals surface area contributed by atoms with Crippen molar-refractivity contribution in [3.05, 3.63) is 33.6 Å². The Hall–Kier alpha value is -1.53. The van der Waals surface area contributed by atoms with Crippen LogP contribution < -0.4 is 10.9 Å². The van der Waals surface area contributed by atoms with Gasteiger partial charge in [-0.3, -0.25) is 14.2 Å². The van der Waals surface area contributed by atoms with Crippen molar-refractivity contribution in [3.63, 3.8) is 0 Å². The molecule has 0 unspecified atom stereocenters. The first-order chi connectivity index (χ1) is 12.2. The van der Waals surface area contributed by atoms with Crippen LogP contribution in [0.25, 0.3) is 10.9 Å². The maximum atomic E-state index is 12.9. The van der Waals surface area contributed by atoms with E-state index in [2.05, 4.69) is 24.1 Å². The summed E-state index contributed by atoms with van der Waals surface area (Å²) in [6.45, 7) is 10.7. The van der Waals surface area contributed by atoms with Gasteiger partial charge in [0.2, 0.25) is 5.91 Å². The number of nitrogens with one attached hydrogen (secondary N) is 1. The van der Waals surface area contributed by atoms with Gasteiger partial charge in [0.1, 0.15) is 0 Å². The molecule has 1 heterocycles. The fourth-order valence-electron chi connectivity index (χ4n) is 2.40. The van der Waals surface area contributed by atoms with Crippen LogP contribution in [0.2, 0.25) is 5.02 Å². The minimum Gasteiger partial charge on any atom is -0.353 e. The summed E-state index contributed by atoms with van der Waals surface area (Å²) in [6, 6.07) is 5.21. The Morgan fingerprint density at radius 2 is 1.96 bits per heavy atom. The minimum atomic E-state index is -0.121. The molecule has 26 heavy (non-hydrogen) atoms. The molecule has 0 spiro atoms. The van der Waals surface area contributed by atoms with Gasteiger partial charge in [-0.1, -0.05) is 51.1 Å². The number of amides is 1. The van der Waals surface area contributed by atoms with Gasteiger partial charge in [0.05, 0.1) is 16.7 Å². The predicted molar refractivity (Wildman–Crippen MR) is 109 cm³/mol. The van der Waals surface area contributed by atoms with Gasteiger partial charge < -0.3 is 5.32 Å². The van der Waals surface area contributed by atoms with Crippen molar-refractivity contribution in [3.8, 4) is 0 Å². The molecule has 142 valence electrons. The van der Waals surface area contributed by atoms with Crippen molar-refractivity contribution < 1.29 is 4.79 Å². The van der Waals surface area contributed by atoms with Gasteiger partial charge in [-0.05, 0) is 37.0 Å². The average Bonchev–Trinajstić information content (AvgIpc) is 2.56. The molecule has 0 aliphatic heterocycles. The molecule has 1 aromatic heterocycles. The van der Waals surface area contributed by atoms with Gasteiger partial charge in [0.25, 0.3) is 5.56 Å². The number of halogens is 1. The molecule has 1 aromatic carbocycles. The topological polar surface area (TPSA) is 64.0 Å². The van der Waals surface area contributed by atoms with Gasteiger partial charge in [-0.2, -0.15) is 0 Å². The molecule has 0 saturated carbocycles. The van der Waals surface area contributed by atoms with Crippen LogP contribution in [0, 0.1) is 11.8 Å². The van der Waals surface area contributed by atoms with E-state index in [1.807, 2.05) is 20.8 Å². The first kappa shape index (κ1) is 20.8. The number of nitrogens with zero attached hydrogens (tertiary/aromatic N) is 2. The minimum absolute atomic E-state index is 0.0576. The second-order valence-corrected chi connectivity index (χ2v) is 8.63. The summed E-state index contributed by atoms with van der Waals surface area (Å²) >= 11 is 7.32. The zero-order chi connectivity index (χ0) is 19.4. The number of benzene rings is 1. The van der Waals surface area contributed by atoms with Crippen LogP contribution >= 0.6 is 23.4 Å². The van der Waals surface area contributed by atoms with Gasteiger partial charge in [-0.15, -0.1) is 0 Å². The molecule has 7 heteroatoms. The highest BCUT2D eigenvalue weighted by molar-refractivity contribution is 7.99. The lowest BCUT2D eigenvalue weighted by Crippen LogP contribution is -2.37. The number of rotatable bonds is 7. The van der Waals surface area contributed by atoms with Crippen molar-refractivity contribution in [2.75, 3.05) is 5.75 Å². The van der Waals surface area contributed by atoms with Crippen LogP contribution in [-0.4, -0.2) is 27.3 Å². The molecular formula is C19H26ClN3O2S. The van der Waals surface area contributed by atoms with E-state index in [4.69, 9.17) is 11.6 Å². The summed E-state index contributed by atoms with van der Waals surface area (Å²) in [4.78, 5) is 29.7. The molecule has 2 rings (SSSR count). The van der Waals surface area contributed by atoms with Gasteiger partial charge in [0, 0.05) is 17.6 Å². The monoisotopic (exact) mass is 395 g/mol. The molecule has 2 aromatic rings. The van der Waals surface area contributed by atoms with E-state index in [1.54, 1.807) is 22.8 Å². The Bertz CT molecular complexity index is 849. The third kappa shape index (κ3) is 5.24. The fraction of sp³-hybridized carbons (Fsp3) is 0.526. The van der Waals surface area contributed by atoms with E-state index >= 15 is 0 Å². The predicted octanol–water partition coefficient (Wildman–Crippen LogP) is 3.96. The second-order valence-electron chi connectivity index (χ2n) is 7.25. The number of thioether (sulfide) groups is 1. The molecule has 1 atom stereocenters. The van der Waals surface area contributed by atoms with Crippen LogP contribution in [0.4, 0.5) is 0 Å². The molecule has 0 saturated heterocycles. The molecule has 0 aliphatic carbocycles. The summed E-state index contributed by atoms with van der Waals surface area (Å²) in [5, 5.41) is 4.55. The average molecular weight is 396 g/mol. The van der Waals surface area contributed by atoms with Gasteiger partial charge >= 0.3 is 0 Å². The Labute approximate surface area is 163 Å². The lowest BCUT2D eigenvalue weighted by Gasteiger charge is -2.18. The van der Waals surface area contributed by atoms with Crippen molar-refractivity contribution in [2.45, 2.75) is 52.4 Å². The van der Waals surface area contributed by atoms with Gasteiger partial charge in [-0.25, -0.2) is 4.98 Å². The van der Waals surface area contributed by atoms with Crippen molar-refractivity contribution in [1.82, 2.24) is 14.9 Å². The standard InChI is InChI=1S/C19H26ClN3O2S/c1-11(2)9-23-18(25)15-8-14(20)6-7-16(15)22-19(23)26-10-17(24)21-13(5)12(3)4/h6-8,11-13H,9-10H2,1-5H3,(H,21,24)/t13-/m1/s1. The Morgan fingerprint density at radius 1 is 1.27 bits per heavy atom. The van der Waals surface area contributed by atoms with Gasteiger partial charge in [0.15, 0.2) is 5.16 Å². The first-order valence-electron chi connectivity index (χ1n) is 8.81. The van der Waals surface area contributed by atoms with E-state index in [-0.39, 0.29) is 29.2 Å². The summed E-state index contributed by atoms with van der Waals surface area (Å²) in [5.41, 5.74) is 0.475. The molecule has 0 aliphatic rings. The summed E-state index contributed by atoms with van der Waals surface area (Å²) in [5.74, 6) is 0.811. The highest BCUT2D eigenvalue weighted by Gasteiger charge is 2.16. The van der Waals surface area contributed by atoms with Crippen molar-refractivity contribution in [1.29, 1.82) is 0 Å². The third-order valence-corrected chi connectivity index (χ3v) is 5.36. The fourth-order valence-corrected chi connectivity index (χ4v) is 3.39.